The van der Waals surface area contributed by atoms with Crippen LogP contribution < -0.4 is 14.2 Å². The van der Waals surface area contributed by atoms with Crippen molar-refractivity contribution in [1.29, 1.82) is 5.41 Å². The molecular weight excluding hydrogens is 635 g/mol. The fourth-order valence-electron chi connectivity index (χ4n) is 3.14. The predicted octanol–water partition coefficient (Wildman–Crippen LogP) is 5.55. The Kier molecular flexibility index (Phi) is 7.94. The zero-order valence-electron chi connectivity index (χ0n) is 18.3. The van der Waals surface area contributed by atoms with Gasteiger partial charge in [0.25, 0.3) is 5.91 Å². The molecule has 0 saturated carbocycles. The van der Waals surface area contributed by atoms with E-state index in [1.54, 1.807) is 19.3 Å². The minimum Gasteiger partial charge on any atom is -0.493 e. The highest BCUT2D eigenvalue weighted by Crippen LogP contribution is 2.35. The molecule has 0 saturated heterocycles. The molecule has 0 bridgehead atoms. The van der Waals surface area contributed by atoms with E-state index in [0.717, 1.165) is 18.8 Å². The number of amides is 1. The maximum Gasteiger partial charge on any atom is 0.283 e. The van der Waals surface area contributed by atoms with E-state index in [0.29, 0.717) is 41.9 Å². The summed E-state index contributed by atoms with van der Waals surface area (Å²) in [5, 5.41) is 15.5. The van der Waals surface area contributed by atoms with Crippen LogP contribution in [0.25, 0.3) is 6.08 Å². The molecule has 2 aromatic rings. The average molecular weight is 655 g/mol. The monoisotopic (exact) mass is 654 g/mol. The van der Waals surface area contributed by atoms with Gasteiger partial charge in [-0.25, -0.2) is 0 Å². The van der Waals surface area contributed by atoms with Crippen molar-refractivity contribution in [3.8, 4) is 17.2 Å². The van der Waals surface area contributed by atoms with E-state index in [2.05, 4.69) is 48.6 Å². The van der Waals surface area contributed by atoms with Gasteiger partial charge in [-0.1, -0.05) is 22.9 Å². The highest BCUT2D eigenvalue weighted by Gasteiger charge is 2.35. The number of amidine groups is 2. The van der Waals surface area contributed by atoms with Gasteiger partial charge in [-0.2, -0.15) is 15.1 Å². The molecule has 1 N–H and O–H groups in total. The summed E-state index contributed by atoms with van der Waals surface area (Å²) in [6.07, 6.45) is 2.34. The van der Waals surface area contributed by atoms with Crippen LogP contribution in [0.15, 0.2) is 56.5 Å². The first kappa shape index (κ1) is 24.7. The highest BCUT2D eigenvalue weighted by molar-refractivity contribution is 14.1. The lowest BCUT2D eigenvalue weighted by atomic mass is 10.1. The van der Waals surface area contributed by atoms with Gasteiger partial charge in [-0.05, 0) is 88.8 Å². The summed E-state index contributed by atoms with van der Waals surface area (Å²) in [5.41, 5.74) is 0.859. The molecule has 0 aromatic heterocycles. The lowest BCUT2D eigenvalue weighted by Gasteiger charge is -2.20. The molecule has 11 heteroatoms. The van der Waals surface area contributed by atoms with Crippen molar-refractivity contribution in [2.45, 2.75) is 13.3 Å². The Labute approximate surface area is 223 Å². The quantitative estimate of drug-likeness (QED) is 0.228. The van der Waals surface area contributed by atoms with Crippen LogP contribution in [0.2, 0.25) is 0 Å². The van der Waals surface area contributed by atoms with Gasteiger partial charge in [-0.3, -0.25) is 10.2 Å². The third-order valence-corrected chi connectivity index (χ3v) is 7.16. The number of methoxy groups -OCH3 is 1. The Morgan fingerprint density at radius 1 is 1.21 bits per heavy atom. The second kappa shape index (κ2) is 10.9. The van der Waals surface area contributed by atoms with Gasteiger partial charge in [0.2, 0.25) is 5.17 Å². The van der Waals surface area contributed by atoms with Gasteiger partial charge >= 0.3 is 0 Å². The molecule has 0 spiro atoms. The van der Waals surface area contributed by atoms with Crippen molar-refractivity contribution in [1.82, 2.24) is 5.01 Å². The van der Waals surface area contributed by atoms with Crippen LogP contribution in [0.1, 0.15) is 18.9 Å². The number of hydrogen-bond donors (Lipinski definition) is 1. The summed E-state index contributed by atoms with van der Waals surface area (Å²) >= 11 is 6.87. The van der Waals surface area contributed by atoms with E-state index >= 15 is 0 Å². The van der Waals surface area contributed by atoms with E-state index in [9.17, 15) is 4.79 Å². The topological polar surface area (TPSA) is 96.6 Å². The molecule has 34 heavy (non-hydrogen) atoms. The van der Waals surface area contributed by atoms with Gasteiger partial charge in [0, 0.05) is 4.47 Å². The van der Waals surface area contributed by atoms with E-state index in [4.69, 9.17) is 19.6 Å². The number of fused-ring (bicyclic) bond motifs is 1. The number of nitrogens with zero attached hydrogens (tertiary/aromatic N) is 3. The summed E-state index contributed by atoms with van der Waals surface area (Å²) in [7, 11) is 1.56. The summed E-state index contributed by atoms with van der Waals surface area (Å²) < 4.78 is 18.9. The molecule has 0 unspecified atom stereocenters. The molecule has 2 aliphatic heterocycles. The normalized spacial score (nSPS) is 16.4. The van der Waals surface area contributed by atoms with Crippen molar-refractivity contribution < 1.29 is 19.0 Å². The Bertz CT molecular complexity index is 1230. The zero-order valence-corrected chi connectivity index (χ0v) is 22.9. The average Bonchev–Trinajstić information content (AvgIpc) is 3.24. The summed E-state index contributed by atoms with van der Waals surface area (Å²) in [6, 6.07) is 11.2. The fourth-order valence-corrected chi connectivity index (χ4v) is 5.01. The number of hydrazone groups is 1. The standard InChI is InChI=1S/C23H20BrIN4O4S/c1-3-19-28-29-21(26)16(22(30)27-23(29)34-19)10-13-11-17(25)20(18(12-13)31-2)33-9-8-32-15-6-4-14(24)5-7-15/h4-7,10-12,26H,3,8-9H2,1-2H3. The summed E-state index contributed by atoms with van der Waals surface area (Å²) in [6.45, 7) is 2.67. The Balaban J connectivity index is 1.48. The van der Waals surface area contributed by atoms with Crippen LogP contribution in [0, 0.1) is 8.98 Å². The lowest BCUT2D eigenvalue weighted by molar-refractivity contribution is -0.114. The Morgan fingerprint density at radius 3 is 2.65 bits per heavy atom. The lowest BCUT2D eigenvalue weighted by Crippen LogP contribution is -2.35. The minimum atomic E-state index is -0.462. The molecule has 8 nitrogen and oxygen atoms in total. The fraction of sp³-hybridized carbons (Fsp3) is 0.217. The van der Waals surface area contributed by atoms with Gasteiger partial charge in [-0.15, -0.1) is 0 Å². The molecule has 0 fully saturated rings. The third kappa shape index (κ3) is 5.47. The number of benzene rings is 2. The first-order chi connectivity index (χ1) is 16.4. The summed E-state index contributed by atoms with van der Waals surface area (Å²) in [5.74, 6) is 1.40. The van der Waals surface area contributed by atoms with Gasteiger partial charge < -0.3 is 14.2 Å². The molecule has 1 amide bonds. The number of aliphatic imine (C=N–C) groups is 1. The van der Waals surface area contributed by atoms with Crippen molar-refractivity contribution in [3.05, 3.63) is 55.6 Å². The van der Waals surface area contributed by atoms with Crippen molar-refractivity contribution in [2.75, 3.05) is 20.3 Å². The number of nitrogens with one attached hydrogen (secondary N) is 1. The molecule has 2 heterocycles. The number of thioether (sulfide) groups is 1. The predicted molar refractivity (Wildman–Crippen MR) is 146 cm³/mol. The Hall–Kier alpha value is -2.38. The van der Waals surface area contributed by atoms with Crippen LogP contribution in [-0.2, 0) is 4.79 Å². The molecule has 176 valence electrons. The van der Waals surface area contributed by atoms with Gasteiger partial charge in [0.15, 0.2) is 17.3 Å². The number of halogens is 2. The number of ether oxygens (including phenoxy) is 3. The molecule has 4 rings (SSSR count). The molecule has 0 radical (unpaired) electrons. The first-order valence-corrected chi connectivity index (χ1v) is 13.0. The van der Waals surface area contributed by atoms with Crippen LogP contribution in [0.4, 0.5) is 0 Å². The molecular formula is C23H20BrIN4O4S. The van der Waals surface area contributed by atoms with Crippen LogP contribution in [-0.4, -0.2) is 47.3 Å². The Morgan fingerprint density at radius 2 is 1.94 bits per heavy atom. The second-order valence-corrected chi connectivity index (χ2v) is 10.2. The maximum absolute atomic E-state index is 12.6. The summed E-state index contributed by atoms with van der Waals surface area (Å²) in [4.78, 5) is 16.7. The second-order valence-electron chi connectivity index (χ2n) is 7.05. The smallest absolute Gasteiger partial charge is 0.283 e. The number of hydrogen-bond acceptors (Lipinski definition) is 7. The van der Waals surface area contributed by atoms with Gasteiger partial charge in [0.1, 0.15) is 24.0 Å². The molecule has 0 atom stereocenters. The van der Waals surface area contributed by atoms with Gasteiger partial charge in [0.05, 0.1) is 16.3 Å². The van der Waals surface area contributed by atoms with Crippen molar-refractivity contribution in [2.24, 2.45) is 10.1 Å². The van der Waals surface area contributed by atoms with E-state index in [-0.39, 0.29) is 11.4 Å². The molecule has 2 aromatic carbocycles. The zero-order chi connectivity index (χ0) is 24.2. The largest absolute Gasteiger partial charge is 0.493 e. The first-order valence-electron chi connectivity index (χ1n) is 10.3. The van der Waals surface area contributed by atoms with Crippen LogP contribution >= 0.6 is 50.3 Å². The van der Waals surface area contributed by atoms with Crippen molar-refractivity contribution >= 4 is 78.3 Å². The number of rotatable bonds is 8. The van der Waals surface area contributed by atoms with Crippen LogP contribution in [0.5, 0.6) is 17.2 Å². The number of carbonyl (C=O) groups is 1. The maximum atomic E-state index is 12.6. The van der Waals surface area contributed by atoms with Crippen molar-refractivity contribution in [3.63, 3.8) is 0 Å². The SMILES string of the molecule is CCC1=NN2C(=N)C(=Cc3cc(I)c(OCCOc4ccc(Br)cc4)c(OC)c3)C(=O)N=C2S1. The highest BCUT2D eigenvalue weighted by atomic mass is 127. The number of carbonyl (C=O) groups excluding carboxylic acids is 1. The minimum absolute atomic E-state index is 0.00495. The van der Waals surface area contributed by atoms with E-state index in [1.807, 2.05) is 37.3 Å². The van der Waals surface area contributed by atoms with Crippen LogP contribution in [0.3, 0.4) is 0 Å². The third-order valence-electron chi connectivity index (χ3n) is 4.77. The molecule has 0 aliphatic carbocycles. The van der Waals surface area contributed by atoms with E-state index in [1.165, 1.54) is 16.8 Å². The molecule has 2 aliphatic rings. The van der Waals surface area contributed by atoms with E-state index < -0.39 is 5.91 Å².